The molecule has 0 unspecified atom stereocenters. The van der Waals surface area contributed by atoms with E-state index in [0.29, 0.717) is 37.0 Å². The maximum Gasteiger partial charge on any atom is 0.401 e. The van der Waals surface area contributed by atoms with Gasteiger partial charge in [0.15, 0.2) is 17.3 Å². The van der Waals surface area contributed by atoms with Crippen molar-refractivity contribution in [1.82, 2.24) is 29.5 Å². The van der Waals surface area contributed by atoms with E-state index in [1.54, 1.807) is 12.1 Å². The smallest absolute Gasteiger partial charge is 0.355 e. The second-order valence-electron chi connectivity index (χ2n) is 11.2. The van der Waals surface area contributed by atoms with Crippen LogP contribution in [0.25, 0.3) is 5.69 Å². The lowest BCUT2D eigenvalue weighted by molar-refractivity contribution is -0.161. The first-order valence-electron chi connectivity index (χ1n) is 12.9. The number of likely N-dealkylation sites (tertiary alicyclic amines) is 1. The summed E-state index contributed by atoms with van der Waals surface area (Å²) in [5, 5.41) is 18.7. The fourth-order valence-electron chi connectivity index (χ4n) is 6.35. The van der Waals surface area contributed by atoms with E-state index in [9.17, 15) is 17.6 Å². The highest BCUT2D eigenvalue weighted by molar-refractivity contribution is 6.30. The van der Waals surface area contributed by atoms with Gasteiger partial charge in [-0.1, -0.05) is 11.6 Å². The van der Waals surface area contributed by atoms with Gasteiger partial charge < -0.3 is 9.80 Å². The van der Waals surface area contributed by atoms with E-state index in [2.05, 4.69) is 25.0 Å². The second kappa shape index (κ2) is 9.02. The van der Waals surface area contributed by atoms with Crippen LogP contribution in [0.1, 0.15) is 17.1 Å². The van der Waals surface area contributed by atoms with Crippen molar-refractivity contribution in [2.24, 2.45) is 5.41 Å². The Labute approximate surface area is 232 Å². The Morgan fingerprint density at radius 1 is 1.02 bits per heavy atom. The zero-order chi connectivity index (χ0) is 27.8. The molecule has 3 aromatic rings. The summed E-state index contributed by atoms with van der Waals surface area (Å²) in [5.41, 5.74) is 1.73. The molecule has 6 heterocycles. The zero-order valence-corrected chi connectivity index (χ0v) is 22.0. The highest BCUT2D eigenvalue weighted by Crippen LogP contribution is 2.44. The van der Waals surface area contributed by atoms with Crippen molar-refractivity contribution in [3.63, 3.8) is 0 Å². The van der Waals surface area contributed by atoms with E-state index in [0.717, 1.165) is 49.2 Å². The van der Waals surface area contributed by atoms with Gasteiger partial charge in [0.05, 0.1) is 18.8 Å². The predicted molar refractivity (Wildman–Crippen MR) is 138 cm³/mol. The lowest BCUT2D eigenvalue weighted by atomic mass is 9.73. The molecule has 4 aliphatic rings. The van der Waals surface area contributed by atoms with Crippen LogP contribution in [-0.2, 0) is 13.1 Å². The van der Waals surface area contributed by atoms with Gasteiger partial charge in [0.25, 0.3) is 0 Å². The minimum atomic E-state index is -4.21. The number of hydrogen-bond acceptors (Lipinski definition) is 8. The molecular formula is C26H24ClF4N9. The first-order valence-corrected chi connectivity index (χ1v) is 13.3. The fraction of sp³-hybridized carbons (Fsp3) is 0.462. The first kappa shape index (κ1) is 25.5. The van der Waals surface area contributed by atoms with Crippen molar-refractivity contribution in [2.75, 3.05) is 55.6 Å². The molecule has 208 valence electrons. The topological polar surface area (TPSA) is 80.3 Å². The van der Waals surface area contributed by atoms with Gasteiger partial charge in [-0.15, -0.1) is 10.2 Å². The number of halogens is 5. The van der Waals surface area contributed by atoms with Gasteiger partial charge in [-0.05, 0) is 35.9 Å². The highest BCUT2D eigenvalue weighted by Gasteiger charge is 2.53. The van der Waals surface area contributed by atoms with Gasteiger partial charge in [-0.2, -0.15) is 18.4 Å². The summed E-state index contributed by atoms with van der Waals surface area (Å²) >= 11 is 6.35. The molecule has 0 radical (unpaired) electrons. The molecule has 1 aromatic carbocycles. The Bertz CT molecular complexity index is 1510. The second-order valence-corrected chi connectivity index (χ2v) is 11.7. The summed E-state index contributed by atoms with van der Waals surface area (Å²) < 4.78 is 54.2. The standard InChI is InChI=1S/C26H24ClF4N9/c27-17-1-3-21-16(5-17)7-37(18-8-36(9-18)15-26(29,30)31)10-23-34-35-24(40(21)23)39-13-25(14-39)11-38(12-25)22-4-2-19(28)20(6-32)33-22/h1-5,18H,7-15H2. The van der Waals surface area contributed by atoms with E-state index in [-0.39, 0.29) is 17.2 Å². The summed E-state index contributed by atoms with van der Waals surface area (Å²) in [6, 6.07) is 10.3. The maximum absolute atomic E-state index is 13.7. The quantitative estimate of drug-likeness (QED) is 0.440. The largest absolute Gasteiger partial charge is 0.401 e. The molecule has 0 saturated carbocycles. The third kappa shape index (κ3) is 4.34. The van der Waals surface area contributed by atoms with Crippen LogP contribution in [0.3, 0.4) is 0 Å². The van der Waals surface area contributed by atoms with Crippen LogP contribution in [0.2, 0.25) is 5.02 Å². The first-order chi connectivity index (χ1) is 19.1. The van der Waals surface area contributed by atoms with Crippen LogP contribution in [0, 0.1) is 22.6 Å². The van der Waals surface area contributed by atoms with Gasteiger partial charge >= 0.3 is 6.18 Å². The van der Waals surface area contributed by atoms with E-state index in [1.165, 1.54) is 11.0 Å². The van der Waals surface area contributed by atoms with Gasteiger partial charge in [0.2, 0.25) is 5.95 Å². The van der Waals surface area contributed by atoms with Gasteiger partial charge in [0, 0.05) is 62.3 Å². The molecule has 4 aliphatic heterocycles. The van der Waals surface area contributed by atoms with Crippen LogP contribution in [0.4, 0.5) is 29.3 Å². The van der Waals surface area contributed by atoms with Crippen LogP contribution in [0.5, 0.6) is 0 Å². The number of nitrogens with zero attached hydrogens (tertiary/aromatic N) is 9. The SMILES string of the molecule is N#Cc1nc(N2CC3(C2)CN(c2nnc4n2-c2ccc(Cl)cc2CN(C2CN(CC(F)(F)F)C2)C4)C3)ccc1F. The molecule has 0 bridgehead atoms. The molecule has 0 atom stereocenters. The zero-order valence-electron chi connectivity index (χ0n) is 21.2. The number of aromatic nitrogens is 4. The Morgan fingerprint density at radius 3 is 2.50 bits per heavy atom. The summed E-state index contributed by atoms with van der Waals surface area (Å²) in [4.78, 5) is 11.9. The lowest BCUT2D eigenvalue weighted by Gasteiger charge is -2.60. The summed E-state index contributed by atoms with van der Waals surface area (Å²) in [6.07, 6.45) is -4.21. The molecule has 9 nitrogen and oxygen atoms in total. The number of anilines is 2. The number of hydrogen-bond donors (Lipinski definition) is 0. The van der Waals surface area contributed by atoms with Crippen molar-refractivity contribution in [2.45, 2.75) is 25.3 Å². The normalized spacial score (nSPS) is 20.7. The molecule has 2 aromatic heterocycles. The van der Waals surface area contributed by atoms with E-state index < -0.39 is 18.5 Å². The number of alkyl halides is 3. The van der Waals surface area contributed by atoms with Crippen molar-refractivity contribution in [3.05, 3.63) is 58.3 Å². The third-order valence-corrected chi connectivity index (χ3v) is 8.45. The fourth-order valence-corrected chi connectivity index (χ4v) is 6.54. The van der Waals surface area contributed by atoms with Crippen molar-refractivity contribution < 1.29 is 17.6 Å². The molecule has 3 fully saturated rings. The summed E-state index contributed by atoms with van der Waals surface area (Å²) in [5.74, 6) is 1.43. The average molecular weight is 574 g/mol. The van der Waals surface area contributed by atoms with Crippen molar-refractivity contribution in [3.8, 4) is 11.8 Å². The van der Waals surface area contributed by atoms with Gasteiger partial charge in [0.1, 0.15) is 11.9 Å². The minimum Gasteiger partial charge on any atom is -0.355 e. The molecule has 14 heteroatoms. The average Bonchev–Trinajstić information content (AvgIpc) is 3.15. The molecule has 7 rings (SSSR count). The Balaban J connectivity index is 1.08. The number of fused-ring (bicyclic) bond motifs is 3. The Hall–Kier alpha value is -3.47. The van der Waals surface area contributed by atoms with Gasteiger partial charge in [-0.25, -0.2) is 9.37 Å². The minimum absolute atomic E-state index is 0.0178. The van der Waals surface area contributed by atoms with E-state index in [4.69, 9.17) is 16.9 Å². The number of benzene rings is 1. The predicted octanol–water partition coefficient (Wildman–Crippen LogP) is 3.22. The molecule has 0 N–H and O–H groups in total. The number of pyridine rings is 1. The van der Waals surface area contributed by atoms with Gasteiger partial charge in [-0.3, -0.25) is 14.4 Å². The van der Waals surface area contributed by atoms with Crippen molar-refractivity contribution in [1.29, 1.82) is 5.26 Å². The summed E-state index contributed by atoms with van der Waals surface area (Å²) in [6.45, 7) is 3.82. The van der Waals surface area contributed by atoms with Crippen LogP contribution in [-0.4, -0.2) is 87.6 Å². The van der Waals surface area contributed by atoms with Crippen LogP contribution >= 0.6 is 11.6 Å². The van der Waals surface area contributed by atoms with E-state index >= 15 is 0 Å². The number of rotatable bonds is 4. The molecule has 0 aliphatic carbocycles. The van der Waals surface area contributed by atoms with Crippen LogP contribution < -0.4 is 9.80 Å². The maximum atomic E-state index is 13.7. The Kier molecular flexibility index (Phi) is 5.75. The lowest BCUT2D eigenvalue weighted by Crippen LogP contribution is -2.73. The monoisotopic (exact) mass is 573 g/mol. The van der Waals surface area contributed by atoms with Crippen LogP contribution in [0.15, 0.2) is 30.3 Å². The molecule has 0 amide bonds. The third-order valence-electron chi connectivity index (χ3n) is 8.22. The molecule has 3 saturated heterocycles. The molecule has 40 heavy (non-hydrogen) atoms. The van der Waals surface area contributed by atoms with Crippen molar-refractivity contribution >= 4 is 23.4 Å². The molecular weight excluding hydrogens is 550 g/mol. The molecule has 1 spiro atoms. The number of nitriles is 1. The van der Waals surface area contributed by atoms with E-state index in [1.807, 2.05) is 27.7 Å². The summed E-state index contributed by atoms with van der Waals surface area (Å²) in [7, 11) is 0. The highest BCUT2D eigenvalue weighted by atomic mass is 35.5. The Morgan fingerprint density at radius 2 is 1.77 bits per heavy atom.